The maximum atomic E-state index is 4.24. The number of nitrogens with zero attached hydrogens (tertiary/aromatic N) is 3. The monoisotopic (exact) mass is 203 g/mol. The molecule has 0 fully saturated rings. The normalized spacial score (nSPS) is 10.0. The average molecular weight is 203 g/mol. The number of aryl methyl sites for hydroxylation is 2. The highest BCUT2D eigenvalue weighted by Gasteiger charge is 1.98. The van der Waals surface area contributed by atoms with Gasteiger partial charge in [-0.25, -0.2) is 10.5 Å². The fraction of sp³-hybridized carbons (Fsp3) is 0.200. The summed E-state index contributed by atoms with van der Waals surface area (Å²) in [6.45, 7) is 3.93. The molecule has 0 saturated carbocycles. The van der Waals surface area contributed by atoms with Crippen molar-refractivity contribution in [2.24, 2.45) is 0 Å². The Morgan fingerprint density at radius 1 is 1.27 bits per heavy atom. The van der Waals surface area contributed by atoms with E-state index in [1.165, 1.54) is 0 Å². The molecule has 0 radical (unpaired) electrons. The third kappa shape index (κ3) is 2.25. The van der Waals surface area contributed by atoms with Crippen LogP contribution in [-0.2, 0) is 0 Å². The summed E-state index contributed by atoms with van der Waals surface area (Å²) in [7, 11) is 0. The largest absolute Gasteiger partial charge is 0.268 e. The van der Waals surface area contributed by atoms with Gasteiger partial charge in [0.2, 0.25) is 0 Å². The van der Waals surface area contributed by atoms with E-state index in [0.29, 0.717) is 0 Å². The van der Waals surface area contributed by atoms with E-state index in [9.17, 15) is 0 Å². The molecule has 2 N–H and O–H groups in total. The fourth-order valence-corrected chi connectivity index (χ4v) is 1.29. The molecule has 78 valence electrons. The van der Waals surface area contributed by atoms with Gasteiger partial charge in [-0.2, -0.15) is 9.89 Å². The minimum Gasteiger partial charge on any atom is -0.268 e. The minimum absolute atomic E-state index is 0.755. The molecule has 5 nitrogen and oxygen atoms in total. The second kappa shape index (κ2) is 4.00. The van der Waals surface area contributed by atoms with Gasteiger partial charge in [0.15, 0.2) is 0 Å². The smallest absolute Gasteiger partial charge is 0.145 e. The Kier molecular flexibility index (Phi) is 2.53. The van der Waals surface area contributed by atoms with Crippen LogP contribution >= 0.6 is 0 Å². The van der Waals surface area contributed by atoms with Gasteiger partial charge in [0.05, 0.1) is 11.4 Å². The number of hydrazine groups is 1. The topological polar surface area (TPSA) is 54.8 Å². The lowest BCUT2D eigenvalue weighted by molar-refractivity contribution is 0.739. The molecule has 15 heavy (non-hydrogen) atoms. The van der Waals surface area contributed by atoms with Crippen LogP contribution in [-0.4, -0.2) is 14.9 Å². The Bertz CT molecular complexity index is 434. The molecule has 0 bridgehead atoms. The molecule has 5 heteroatoms. The van der Waals surface area contributed by atoms with Crippen LogP contribution in [0, 0.1) is 13.8 Å². The summed E-state index contributed by atoms with van der Waals surface area (Å²) in [6, 6.07) is 7.65. The van der Waals surface area contributed by atoms with Crippen LogP contribution in [0.5, 0.6) is 0 Å². The Balaban J connectivity index is 2.02. The summed E-state index contributed by atoms with van der Waals surface area (Å²) < 4.78 is 0. The maximum absolute atomic E-state index is 4.24. The van der Waals surface area contributed by atoms with Crippen LogP contribution in [0.4, 0.5) is 5.82 Å². The van der Waals surface area contributed by atoms with E-state index in [2.05, 4.69) is 21.0 Å². The summed E-state index contributed by atoms with van der Waals surface area (Å²) in [5, 5.41) is 4.24. The summed E-state index contributed by atoms with van der Waals surface area (Å²) >= 11 is 0. The van der Waals surface area contributed by atoms with Crippen LogP contribution in [0.1, 0.15) is 11.4 Å². The van der Waals surface area contributed by atoms with Crippen molar-refractivity contribution in [1.29, 1.82) is 0 Å². The van der Waals surface area contributed by atoms with Crippen molar-refractivity contribution in [2.75, 3.05) is 11.0 Å². The van der Waals surface area contributed by atoms with Crippen molar-refractivity contribution in [1.82, 2.24) is 14.9 Å². The van der Waals surface area contributed by atoms with Gasteiger partial charge < -0.3 is 0 Å². The van der Waals surface area contributed by atoms with Gasteiger partial charge in [-0.15, -0.1) is 0 Å². The van der Waals surface area contributed by atoms with Gasteiger partial charge in [0.1, 0.15) is 5.82 Å². The lowest BCUT2D eigenvalue weighted by Gasteiger charge is -2.09. The molecule has 0 spiro atoms. The Hall–Kier alpha value is -2.04. The summed E-state index contributed by atoms with van der Waals surface area (Å²) in [5.41, 5.74) is 7.91. The summed E-state index contributed by atoms with van der Waals surface area (Å²) in [4.78, 5) is 5.79. The first-order valence-electron chi connectivity index (χ1n) is 4.72. The molecule has 0 saturated heterocycles. The van der Waals surface area contributed by atoms with Gasteiger partial charge in [-0.1, -0.05) is 6.07 Å². The second-order valence-electron chi connectivity index (χ2n) is 3.29. The molecule has 2 aromatic heterocycles. The zero-order valence-electron chi connectivity index (χ0n) is 8.73. The fourth-order valence-electron chi connectivity index (χ4n) is 1.29. The van der Waals surface area contributed by atoms with E-state index >= 15 is 0 Å². The number of anilines is 1. The quantitative estimate of drug-likeness (QED) is 0.742. The molecule has 0 aliphatic rings. The average Bonchev–Trinajstić information content (AvgIpc) is 2.56. The van der Waals surface area contributed by atoms with Gasteiger partial charge >= 0.3 is 0 Å². The van der Waals surface area contributed by atoms with Crippen molar-refractivity contribution in [3.8, 4) is 0 Å². The van der Waals surface area contributed by atoms with Crippen LogP contribution in [0.2, 0.25) is 0 Å². The second-order valence-corrected chi connectivity index (χ2v) is 3.29. The molecule has 0 aliphatic carbocycles. The molecule has 0 atom stereocenters. The molecule has 0 aliphatic heterocycles. The SMILES string of the molecule is Cc1cc(C)n(NNc2ccccn2)n1. The number of hydrogen-bond donors (Lipinski definition) is 2. The van der Waals surface area contributed by atoms with Crippen LogP contribution in [0.25, 0.3) is 0 Å². The summed E-state index contributed by atoms with van der Waals surface area (Å²) in [6.07, 6.45) is 1.73. The molecule has 0 aromatic carbocycles. The number of rotatable bonds is 3. The van der Waals surface area contributed by atoms with Gasteiger partial charge in [0, 0.05) is 6.20 Å². The molecular weight excluding hydrogens is 190 g/mol. The minimum atomic E-state index is 0.755. The number of hydrogen-bond acceptors (Lipinski definition) is 4. The van der Waals surface area contributed by atoms with Crippen LogP contribution < -0.4 is 11.0 Å². The number of aromatic nitrogens is 3. The van der Waals surface area contributed by atoms with Gasteiger partial charge in [-0.05, 0) is 32.0 Å². The summed E-state index contributed by atoms with van der Waals surface area (Å²) in [5.74, 6) is 0.755. The first-order valence-corrected chi connectivity index (χ1v) is 4.72. The molecular formula is C10H13N5. The van der Waals surface area contributed by atoms with Gasteiger partial charge in [0.25, 0.3) is 0 Å². The number of pyridine rings is 1. The van der Waals surface area contributed by atoms with Gasteiger partial charge in [-0.3, -0.25) is 5.43 Å². The predicted octanol–water partition coefficient (Wildman–Crippen LogP) is 1.47. The number of nitrogens with one attached hydrogen (secondary N) is 2. The molecule has 0 unspecified atom stereocenters. The highest BCUT2D eigenvalue weighted by Crippen LogP contribution is 2.01. The van der Waals surface area contributed by atoms with E-state index in [4.69, 9.17) is 0 Å². The third-order valence-corrected chi connectivity index (χ3v) is 1.96. The third-order valence-electron chi connectivity index (χ3n) is 1.96. The lowest BCUT2D eigenvalue weighted by atomic mass is 10.4. The van der Waals surface area contributed by atoms with Crippen LogP contribution in [0.15, 0.2) is 30.5 Å². The van der Waals surface area contributed by atoms with E-state index in [-0.39, 0.29) is 0 Å². The van der Waals surface area contributed by atoms with Crippen molar-refractivity contribution < 1.29 is 0 Å². The highest BCUT2D eigenvalue weighted by molar-refractivity contribution is 5.33. The maximum Gasteiger partial charge on any atom is 0.145 e. The first kappa shape index (κ1) is 9.51. The van der Waals surface area contributed by atoms with E-state index in [1.54, 1.807) is 11.0 Å². The van der Waals surface area contributed by atoms with E-state index < -0.39 is 0 Å². The van der Waals surface area contributed by atoms with Crippen LogP contribution in [0.3, 0.4) is 0 Å². The van der Waals surface area contributed by atoms with Crippen molar-refractivity contribution in [3.05, 3.63) is 41.9 Å². The predicted molar refractivity (Wildman–Crippen MR) is 58.9 cm³/mol. The zero-order chi connectivity index (χ0) is 10.7. The molecule has 0 amide bonds. The molecule has 2 rings (SSSR count). The first-order chi connectivity index (χ1) is 7.25. The molecule has 2 heterocycles. The standard InChI is InChI=1S/C10H13N5/c1-8-7-9(2)15(13-8)14-12-10-5-3-4-6-11-10/h3-7,14H,1-2H3,(H,11,12). The van der Waals surface area contributed by atoms with Crippen molar-refractivity contribution in [3.63, 3.8) is 0 Å². The van der Waals surface area contributed by atoms with E-state index in [1.807, 2.05) is 38.1 Å². The van der Waals surface area contributed by atoms with E-state index in [0.717, 1.165) is 17.2 Å². The van der Waals surface area contributed by atoms with Crippen molar-refractivity contribution in [2.45, 2.75) is 13.8 Å². The van der Waals surface area contributed by atoms with Crippen molar-refractivity contribution >= 4 is 5.82 Å². The molecule has 2 aromatic rings. The Morgan fingerprint density at radius 3 is 2.73 bits per heavy atom. The Labute approximate surface area is 88.1 Å². The Morgan fingerprint density at radius 2 is 2.13 bits per heavy atom. The lowest BCUT2D eigenvalue weighted by Crippen LogP contribution is -2.24. The highest BCUT2D eigenvalue weighted by atomic mass is 15.7. The zero-order valence-corrected chi connectivity index (χ0v) is 8.73.